The highest BCUT2D eigenvalue weighted by Gasteiger charge is 2.38. The van der Waals surface area contributed by atoms with E-state index in [1.807, 2.05) is 12.1 Å². The van der Waals surface area contributed by atoms with Gasteiger partial charge in [-0.15, -0.1) is 0 Å². The Morgan fingerprint density at radius 1 is 0.290 bits per heavy atom. The Hall–Kier alpha value is -9.19. The Bertz CT molecular complexity index is 3840. The molecule has 0 saturated carbocycles. The molecule has 0 amide bonds. The molecule has 5 heteroatoms. The van der Waals surface area contributed by atoms with E-state index in [9.17, 15) is 0 Å². The van der Waals surface area contributed by atoms with Gasteiger partial charge in [0.25, 0.3) is 0 Å². The van der Waals surface area contributed by atoms with Crippen molar-refractivity contribution in [3.8, 4) is 51.0 Å². The molecule has 0 aliphatic heterocycles. The summed E-state index contributed by atoms with van der Waals surface area (Å²) in [7, 11) is 0. The summed E-state index contributed by atoms with van der Waals surface area (Å²) < 4.78 is 8.47. The second-order valence-corrected chi connectivity index (χ2v) is 17.5. The van der Waals surface area contributed by atoms with Gasteiger partial charge in [0, 0.05) is 43.9 Å². The first-order valence-corrected chi connectivity index (χ1v) is 23.3. The van der Waals surface area contributed by atoms with Crippen LogP contribution in [0.1, 0.15) is 22.3 Å². The number of benzene rings is 10. The lowest BCUT2D eigenvalue weighted by Crippen LogP contribution is -2.31. The highest BCUT2D eigenvalue weighted by Crippen LogP contribution is 2.46. The molecule has 3 aromatic heterocycles. The maximum absolute atomic E-state index is 6.14. The molecule has 13 rings (SSSR count). The molecule has 0 aliphatic carbocycles. The van der Waals surface area contributed by atoms with Gasteiger partial charge in [-0.05, 0) is 94.0 Å². The Morgan fingerprint density at radius 3 is 1.30 bits per heavy atom. The minimum absolute atomic E-state index is 0.591. The summed E-state index contributed by atoms with van der Waals surface area (Å²) >= 11 is 0. The van der Waals surface area contributed by atoms with E-state index in [1.54, 1.807) is 0 Å². The molecule has 0 N–H and O–H groups in total. The second-order valence-electron chi connectivity index (χ2n) is 17.5. The zero-order valence-corrected chi connectivity index (χ0v) is 37.4. The number of para-hydroxylation sites is 3. The predicted molar refractivity (Wildman–Crippen MR) is 281 cm³/mol. The van der Waals surface area contributed by atoms with Crippen LogP contribution >= 0.6 is 0 Å². The molecule has 0 spiro atoms. The summed E-state index contributed by atoms with van der Waals surface area (Å²) in [6, 6.07) is 90.0. The average Bonchev–Trinajstić information content (AvgIpc) is 3.98. The van der Waals surface area contributed by atoms with Crippen LogP contribution in [0.3, 0.4) is 0 Å². The number of nitrogens with zero attached hydrogens (tertiary/aromatic N) is 4. The first-order valence-electron chi connectivity index (χ1n) is 23.3. The van der Waals surface area contributed by atoms with E-state index < -0.39 is 5.41 Å². The molecule has 3 heterocycles. The van der Waals surface area contributed by atoms with Crippen LogP contribution in [0.15, 0.2) is 259 Å². The van der Waals surface area contributed by atoms with Crippen LogP contribution in [0, 0.1) is 0 Å². The third kappa shape index (κ3) is 6.82. The number of hydrogen-bond acceptors (Lipinski definition) is 4. The quantitative estimate of drug-likeness (QED) is 0.136. The molecule has 0 fully saturated rings. The highest BCUT2D eigenvalue weighted by atomic mass is 16.3. The van der Waals surface area contributed by atoms with Crippen molar-refractivity contribution in [2.45, 2.75) is 5.41 Å². The van der Waals surface area contributed by atoms with Gasteiger partial charge in [0.05, 0.1) is 16.4 Å². The second kappa shape index (κ2) is 16.6. The standard InChI is InChI=1S/C64H42N4O/c1-4-18-48(19-5-1)64(49-20-6-2-7-21-49,50-22-8-3-9-23-50)51-24-16-17-47(41-51)63-66-61(44-33-31-43(32-34-44)46-37-40-60-56(42-46)55-27-12-15-30-59(55)69-60)65-62(67-63)45-35-38-52(39-36-45)68-57-28-13-10-25-53(57)54-26-11-14-29-58(54)68/h1-42H. The van der Waals surface area contributed by atoms with Gasteiger partial charge in [0.1, 0.15) is 11.2 Å². The molecule has 0 radical (unpaired) electrons. The summed E-state index contributed by atoms with van der Waals surface area (Å²) in [5.74, 6) is 1.78. The maximum Gasteiger partial charge on any atom is 0.164 e. The van der Waals surface area contributed by atoms with Gasteiger partial charge in [-0.1, -0.05) is 194 Å². The van der Waals surface area contributed by atoms with Crippen molar-refractivity contribution < 1.29 is 4.42 Å². The maximum atomic E-state index is 6.14. The lowest BCUT2D eigenvalue weighted by atomic mass is 9.65. The first kappa shape index (κ1) is 40.1. The molecule has 0 saturated heterocycles. The van der Waals surface area contributed by atoms with Gasteiger partial charge in [0.2, 0.25) is 0 Å². The van der Waals surface area contributed by atoms with Crippen LogP contribution < -0.4 is 0 Å². The number of furan rings is 1. The van der Waals surface area contributed by atoms with Crippen molar-refractivity contribution in [2.75, 3.05) is 0 Å². The van der Waals surface area contributed by atoms with Crippen LogP contribution in [0.4, 0.5) is 0 Å². The fourth-order valence-electron chi connectivity index (χ4n) is 10.4. The largest absolute Gasteiger partial charge is 0.456 e. The summed E-state index contributed by atoms with van der Waals surface area (Å²) in [6.07, 6.45) is 0. The third-order valence-electron chi connectivity index (χ3n) is 13.6. The van der Waals surface area contributed by atoms with Crippen LogP contribution in [0.5, 0.6) is 0 Å². The number of fused-ring (bicyclic) bond motifs is 6. The molecule has 13 aromatic rings. The van der Waals surface area contributed by atoms with E-state index in [2.05, 4.69) is 247 Å². The minimum Gasteiger partial charge on any atom is -0.456 e. The third-order valence-corrected chi connectivity index (χ3v) is 13.6. The van der Waals surface area contributed by atoms with E-state index in [-0.39, 0.29) is 0 Å². The van der Waals surface area contributed by atoms with Gasteiger partial charge in [-0.25, -0.2) is 15.0 Å². The Balaban J connectivity index is 0.961. The van der Waals surface area contributed by atoms with Gasteiger partial charge in [-0.3, -0.25) is 0 Å². The number of rotatable bonds is 9. The molecule has 69 heavy (non-hydrogen) atoms. The lowest BCUT2D eigenvalue weighted by Gasteiger charge is -2.37. The summed E-state index contributed by atoms with van der Waals surface area (Å²) in [6.45, 7) is 0. The van der Waals surface area contributed by atoms with Crippen molar-refractivity contribution in [2.24, 2.45) is 0 Å². The Morgan fingerprint density at radius 2 is 0.725 bits per heavy atom. The van der Waals surface area contributed by atoms with Crippen molar-refractivity contribution in [3.05, 3.63) is 277 Å². The molecule has 0 unspecified atom stereocenters. The predicted octanol–water partition coefficient (Wildman–Crippen LogP) is 15.9. The summed E-state index contributed by atoms with van der Waals surface area (Å²) in [5, 5.41) is 4.66. The Kier molecular flexibility index (Phi) is 9.65. The van der Waals surface area contributed by atoms with E-state index in [4.69, 9.17) is 19.4 Å². The van der Waals surface area contributed by atoms with Crippen molar-refractivity contribution >= 4 is 43.7 Å². The molecule has 10 aromatic carbocycles. The number of aromatic nitrogens is 4. The lowest BCUT2D eigenvalue weighted by molar-refractivity contribution is 0.669. The molecular formula is C64H42N4O. The smallest absolute Gasteiger partial charge is 0.164 e. The monoisotopic (exact) mass is 882 g/mol. The fraction of sp³-hybridized carbons (Fsp3) is 0.0156. The van der Waals surface area contributed by atoms with E-state index >= 15 is 0 Å². The van der Waals surface area contributed by atoms with E-state index in [1.165, 1.54) is 27.5 Å². The molecule has 0 bridgehead atoms. The average molecular weight is 883 g/mol. The van der Waals surface area contributed by atoms with Gasteiger partial charge in [-0.2, -0.15) is 0 Å². The highest BCUT2D eigenvalue weighted by molar-refractivity contribution is 6.09. The van der Waals surface area contributed by atoms with Crippen LogP contribution in [-0.4, -0.2) is 19.5 Å². The van der Waals surface area contributed by atoms with E-state index in [0.717, 1.165) is 72.0 Å². The zero-order chi connectivity index (χ0) is 45.7. The van der Waals surface area contributed by atoms with Gasteiger partial charge in [0.15, 0.2) is 17.5 Å². The molecule has 5 nitrogen and oxygen atoms in total. The van der Waals surface area contributed by atoms with E-state index in [0.29, 0.717) is 17.5 Å². The minimum atomic E-state index is -0.636. The van der Waals surface area contributed by atoms with Crippen molar-refractivity contribution in [3.63, 3.8) is 0 Å². The van der Waals surface area contributed by atoms with Crippen LogP contribution in [0.2, 0.25) is 0 Å². The van der Waals surface area contributed by atoms with Gasteiger partial charge < -0.3 is 8.98 Å². The number of hydrogen-bond donors (Lipinski definition) is 0. The van der Waals surface area contributed by atoms with Gasteiger partial charge >= 0.3 is 0 Å². The normalized spacial score (nSPS) is 11.8. The molecule has 0 atom stereocenters. The fourth-order valence-corrected chi connectivity index (χ4v) is 10.4. The zero-order valence-electron chi connectivity index (χ0n) is 37.4. The van der Waals surface area contributed by atoms with Crippen LogP contribution in [0.25, 0.3) is 94.7 Å². The van der Waals surface area contributed by atoms with Crippen LogP contribution in [-0.2, 0) is 5.41 Å². The molecular weight excluding hydrogens is 841 g/mol. The SMILES string of the molecule is c1ccc(C(c2ccccc2)(c2ccccc2)c2cccc(-c3nc(-c4ccc(-c5ccc6oc7ccccc7c6c5)cc4)nc(-c4ccc(-n5c6ccccc6c6ccccc65)cc4)n3)c2)cc1. The molecule has 0 aliphatic rings. The van der Waals surface area contributed by atoms with Crippen molar-refractivity contribution in [1.29, 1.82) is 0 Å². The summed E-state index contributed by atoms with van der Waals surface area (Å²) in [5.41, 5.74) is 14.0. The topological polar surface area (TPSA) is 56.7 Å². The first-order chi connectivity index (χ1) is 34.2. The Labute approximate surface area is 399 Å². The van der Waals surface area contributed by atoms with Crippen molar-refractivity contribution in [1.82, 2.24) is 19.5 Å². The molecule has 324 valence electrons. The summed E-state index contributed by atoms with van der Waals surface area (Å²) in [4.78, 5) is 15.8.